The molecule has 116 valence electrons. The van der Waals surface area contributed by atoms with E-state index in [4.69, 9.17) is 5.73 Å². The molecule has 0 radical (unpaired) electrons. The number of Topliss-reactive ketones (excluding diaryl/α,β-unsaturated/α-hetero) is 1. The normalized spacial score (nSPS) is 39.2. The molecule has 1 aromatic carbocycles. The van der Waals surface area contributed by atoms with Gasteiger partial charge in [-0.15, -0.1) is 0 Å². The van der Waals surface area contributed by atoms with Gasteiger partial charge in [-0.3, -0.25) is 4.79 Å². The van der Waals surface area contributed by atoms with Gasteiger partial charge in [0, 0.05) is 23.4 Å². The predicted molar refractivity (Wildman–Crippen MR) is 78.5 cm³/mol. The van der Waals surface area contributed by atoms with Crippen molar-refractivity contribution >= 4 is 12.1 Å². The minimum absolute atomic E-state index is 0.000602. The molecule has 3 aliphatic carbocycles. The number of rotatable bonds is 1. The van der Waals surface area contributed by atoms with Crippen molar-refractivity contribution in [1.29, 1.82) is 0 Å². The Bertz CT molecular complexity index is 685. The third-order valence-corrected chi connectivity index (χ3v) is 6.14. The number of nitrogens with two attached hydrogens (primary N) is 1. The van der Waals surface area contributed by atoms with Crippen molar-refractivity contribution in [3.05, 3.63) is 23.3 Å². The minimum Gasteiger partial charge on any atom is -0.504 e. The summed E-state index contributed by atoms with van der Waals surface area (Å²) in [5.41, 5.74) is 7.58. The molecule has 1 spiro atoms. The van der Waals surface area contributed by atoms with Crippen LogP contribution in [0.15, 0.2) is 12.1 Å². The minimum atomic E-state index is -0.580. The molecular weight excluding hydrogens is 282 g/mol. The molecule has 0 aliphatic heterocycles. The van der Waals surface area contributed by atoms with Crippen LogP contribution >= 0.6 is 0 Å². The molecule has 4 N–H and O–H groups in total. The van der Waals surface area contributed by atoms with E-state index < -0.39 is 11.3 Å². The van der Waals surface area contributed by atoms with E-state index in [0.717, 1.165) is 24.7 Å². The first-order valence-electron chi connectivity index (χ1n) is 7.76. The van der Waals surface area contributed by atoms with Crippen LogP contribution in [0.1, 0.15) is 30.4 Å². The highest BCUT2D eigenvalue weighted by molar-refractivity contribution is 5.95. The molecule has 2 bridgehead atoms. The van der Waals surface area contributed by atoms with Gasteiger partial charge in [0.05, 0.1) is 5.92 Å². The van der Waals surface area contributed by atoms with Gasteiger partial charge in [0.1, 0.15) is 12.1 Å². The topological polar surface area (TPSA) is 101 Å². The van der Waals surface area contributed by atoms with Crippen molar-refractivity contribution < 1.29 is 19.8 Å². The smallest absolute Gasteiger partial charge is 0.161 e. The molecule has 5 heteroatoms. The third kappa shape index (κ3) is 1.52. The maximum atomic E-state index is 12.4. The second-order valence-corrected chi connectivity index (χ2v) is 7.10. The summed E-state index contributed by atoms with van der Waals surface area (Å²) in [7, 11) is 0. The van der Waals surface area contributed by atoms with Gasteiger partial charge in [0.15, 0.2) is 11.5 Å². The molecule has 0 amide bonds. The van der Waals surface area contributed by atoms with Crippen LogP contribution < -0.4 is 5.73 Å². The summed E-state index contributed by atoms with van der Waals surface area (Å²) in [5, 5.41) is 20.3. The quantitative estimate of drug-likeness (QED) is 0.409. The van der Waals surface area contributed by atoms with Crippen molar-refractivity contribution in [3.8, 4) is 11.5 Å². The van der Waals surface area contributed by atoms with Crippen LogP contribution in [0.2, 0.25) is 0 Å². The highest BCUT2D eigenvalue weighted by Crippen LogP contribution is 2.62. The molecule has 2 saturated carbocycles. The number of aromatic hydroxyl groups is 2. The number of hydrogen-bond donors (Lipinski definition) is 3. The van der Waals surface area contributed by atoms with Crippen LogP contribution in [-0.4, -0.2) is 28.3 Å². The van der Waals surface area contributed by atoms with Crippen molar-refractivity contribution in [2.45, 2.75) is 37.1 Å². The lowest BCUT2D eigenvalue weighted by Gasteiger charge is -2.44. The first-order valence-corrected chi connectivity index (χ1v) is 7.76. The fourth-order valence-electron chi connectivity index (χ4n) is 5.23. The van der Waals surface area contributed by atoms with Crippen LogP contribution in [0.25, 0.3) is 0 Å². The molecule has 0 heterocycles. The van der Waals surface area contributed by atoms with Gasteiger partial charge in [0.25, 0.3) is 0 Å². The fourth-order valence-corrected chi connectivity index (χ4v) is 5.23. The molecule has 0 saturated heterocycles. The van der Waals surface area contributed by atoms with Gasteiger partial charge in [-0.25, -0.2) is 0 Å². The lowest BCUT2D eigenvalue weighted by atomic mass is 9.59. The van der Waals surface area contributed by atoms with Crippen LogP contribution in [-0.2, 0) is 21.4 Å². The summed E-state index contributed by atoms with van der Waals surface area (Å²) in [6.07, 6.45) is 2.92. The van der Waals surface area contributed by atoms with E-state index in [0.29, 0.717) is 12.0 Å². The van der Waals surface area contributed by atoms with E-state index in [9.17, 15) is 19.8 Å². The van der Waals surface area contributed by atoms with Gasteiger partial charge in [-0.2, -0.15) is 0 Å². The Labute approximate surface area is 128 Å². The molecule has 5 unspecified atom stereocenters. The third-order valence-electron chi connectivity index (χ3n) is 6.14. The van der Waals surface area contributed by atoms with Crippen molar-refractivity contribution in [2.24, 2.45) is 23.5 Å². The number of carbonyl (C=O) groups is 2. The summed E-state index contributed by atoms with van der Waals surface area (Å²) in [5.74, 6) is -0.666. The van der Waals surface area contributed by atoms with E-state index in [1.165, 1.54) is 6.07 Å². The molecule has 5 nitrogen and oxygen atoms in total. The molecule has 5 atom stereocenters. The Hall–Kier alpha value is -1.88. The Morgan fingerprint density at radius 3 is 2.82 bits per heavy atom. The molecule has 3 aliphatic rings. The van der Waals surface area contributed by atoms with E-state index in [1.54, 1.807) is 0 Å². The average Bonchev–Trinajstić information content (AvgIpc) is 2.70. The standard InChI is InChI=1S/C17H19NO4/c18-15-9-3-8-1-2-12(20)16(22)14(8)17(5-9)6-13(21)10(7-19)4-11(15)17/h1-2,7,9-11,15,20,22H,3-6,18H2. The molecule has 0 aromatic heterocycles. The molecule has 22 heavy (non-hydrogen) atoms. The van der Waals surface area contributed by atoms with Gasteiger partial charge in [-0.1, -0.05) is 6.07 Å². The number of phenolic OH excluding ortho intramolecular Hbond substituents is 2. The zero-order valence-corrected chi connectivity index (χ0v) is 12.2. The molecule has 1 aromatic rings. The van der Waals surface area contributed by atoms with Crippen LogP contribution in [0, 0.1) is 17.8 Å². The van der Waals surface area contributed by atoms with Gasteiger partial charge < -0.3 is 20.7 Å². The van der Waals surface area contributed by atoms with E-state index in [-0.39, 0.29) is 41.6 Å². The van der Waals surface area contributed by atoms with E-state index in [1.807, 2.05) is 6.07 Å². The highest BCUT2D eigenvalue weighted by Gasteiger charge is 2.61. The van der Waals surface area contributed by atoms with E-state index in [2.05, 4.69) is 0 Å². The van der Waals surface area contributed by atoms with Crippen LogP contribution in [0.5, 0.6) is 11.5 Å². The Morgan fingerprint density at radius 1 is 1.32 bits per heavy atom. The molecule has 4 rings (SSSR count). The number of ketones is 1. The van der Waals surface area contributed by atoms with Crippen LogP contribution in [0.3, 0.4) is 0 Å². The average molecular weight is 301 g/mol. The monoisotopic (exact) mass is 301 g/mol. The SMILES string of the molecule is NC1C2Cc3ccc(O)c(O)c3C3(CC(=O)C(C=O)CC13)C2. The Kier molecular flexibility index (Phi) is 2.70. The number of hydrogen-bond acceptors (Lipinski definition) is 5. The first kappa shape index (κ1) is 13.8. The number of carbonyl (C=O) groups excluding carboxylic acids is 2. The van der Waals surface area contributed by atoms with Gasteiger partial charge in [-0.05, 0) is 42.7 Å². The summed E-state index contributed by atoms with van der Waals surface area (Å²) in [6.45, 7) is 0. The highest BCUT2D eigenvalue weighted by atomic mass is 16.3. The summed E-state index contributed by atoms with van der Waals surface area (Å²) >= 11 is 0. The number of fused-ring (bicyclic) bond motifs is 2. The summed E-state index contributed by atoms with van der Waals surface area (Å²) in [4.78, 5) is 23.5. The fraction of sp³-hybridized carbons (Fsp3) is 0.529. The summed E-state index contributed by atoms with van der Waals surface area (Å²) < 4.78 is 0. The number of benzene rings is 1. The van der Waals surface area contributed by atoms with Gasteiger partial charge >= 0.3 is 0 Å². The Morgan fingerprint density at radius 2 is 2.09 bits per heavy atom. The van der Waals surface area contributed by atoms with Crippen LogP contribution in [0.4, 0.5) is 0 Å². The van der Waals surface area contributed by atoms with Crippen molar-refractivity contribution in [1.82, 2.24) is 0 Å². The number of aldehydes is 1. The van der Waals surface area contributed by atoms with Gasteiger partial charge in [0.2, 0.25) is 0 Å². The van der Waals surface area contributed by atoms with E-state index >= 15 is 0 Å². The summed E-state index contributed by atoms with van der Waals surface area (Å²) in [6, 6.07) is 3.24. The second-order valence-electron chi connectivity index (χ2n) is 7.10. The maximum Gasteiger partial charge on any atom is 0.161 e. The zero-order valence-electron chi connectivity index (χ0n) is 12.2. The predicted octanol–water partition coefficient (Wildman–Crippen LogP) is 1.03. The lowest BCUT2D eigenvalue weighted by Crippen LogP contribution is -2.47. The largest absolute Gasteiger partial charge is 0.504 e. The van der Waals surface area contributed by atoms with Crippen molar-refractivity contribution in [3.63, 3.8) is 0 Å². The first-order chi connectivity index (χ1) is 10.5. The van der Waals surface area contributed by atoms with Crippen molar-refractivity contribution in [2.75, 3.05) is 0 Å². The number of phenols is 2. The molecule has 2 fully saturated rings. The Balaban J connectivity index is 1.93. The zero-order chi connectivity index (χ0) is 15.6. The second kappa shape index (κ2) is 4.32. The molecular formula is C17H19NO4. The lowest BCUT2D eigenvalue weighted by molar-refractivity contribution is -0.132. The maximum absolute atomic E-state index is 12.4.